The summed E-state index contributed by atoms with van der Waals surface area (Å²) in [5.74, 6) is -4.71. The Bertz CT molecular complexity index is 1380. The number of aryl methyl sites for hydroxylation is 3. The van der Waals surface area contributed by atoms with Crippen LogP contribution in [0.3, 0.4) is 0 Å². The van der Waals surface area contributed by atoms with Crippen LogP contribution in [0.4, 0.5) is 8.78 Å². The molecule has 0 aliphatic rings. The molecule has 0 radical (unpaired) electrons. The molecular formula is C32H36F2N2O4. The fourth-order valence-electron chi connectivity index (χ4n) is 4.89. The summed E-state index contributed by atoms with van der Waals surface area (Å²) in [5.41, 5.74) is 3.84. The summed E-state index contributed by atoms with van der Waals surface area (Å²) in [6.07, 6.45) is -0.401. The molecule has 0 heterocycles. The van der Waals surface area contributed by atoms with Gasteiger partial charge in [-0.1, -0.05) is 49.7 Å². The van der Waals surface area contributed by atoms with Gasteiger partial charge < -0.3 is 15.3 Å². The van der Waals surface area contributed by atoms with E-state index in [-0.39, 0.29) is 23.8 Å². The molecule has 0 saturated carbocycles. The summed E-state index contributed by atoms with van der Waals surface area (Å²) >= 11 is 0. The predicted molar refractivity (Wildman–Crippen MR) is 151 cm³/mol. The van der Waals surface area contributed by atoms with E-state index in [0.717, 1.165) is 22.8 Å². The Morgan fingerprint density at radius 3 is 2.10 bits per heavy atom. The molecule has 0 unspecified atom stereocenters. The fraction of sp³-hybridized carbons (Fsp3) is 0.344. The lowest BCUT2D eigenvalue weighted by molar-refractivity contribution is -0.138. The van der Waals surface area contributed by atoms with Gasteiger partial charge in [0.15, 0.2) is 11.6 Å². The number of likely N-dealkylation sites (N-methyl/N-ethyl adjacent to an activating group) is 1. The van der Waals surface area contributed by atoms with E-state index in [1.807, 2.05) is 52.8 Å². The van der Waals surface area contributed by atoms with Crippen LogP contribution >= 0.6 is 0 Å². The van der Waals surface area contributed by atoms with Gasteiger partial charge in [0.2, 0.25) is 5.91 Å². The standard InChI is InChI=1S/C32H36F2N2O4/c1-18(2)14-27(36(6)32(40)22-12-10-19(3)11-13-22)31(39)35-26(17-28(37)38)24-15-23(16-25(33)30(24)34)29-20(4)8-7-9-21(29)5/h7-13,15-16,18,26-27H,14,17H2,1-6H3,(H,35,39)(H,37,38)/t26-,27-/m0/s1. The molecule has 0 bridgehead atoms. The minimum absolute atomic E-state index is 0.00322. The van der Waals surface area contributed by atoms with Crippen molar-refractivity contribution in [1.82, 2.24) is 10.2 Å². The molecule has 0 aliphatic carbocycles. The summed E-state index contributed by atoms with van der Waals surface area (Å²) in [5, 5.41) is 12.2. The highest BCUT2D eigenvalue weighted by Gasteiger charge is 2.32. The quantitative estimate of drug-likeness (QED) is 0.307. The number of nitrogens with zero attached hydrogens (tertiary/aromatic N) is 1. The summed E-state index contributed by atoms with van der Waals surface area (Å²) in [6.45, 7) is 9.37. The molecule has 0 spiro atoms. The normalized spacial score (nSPS) is 12.6. The largest absolute Gasteiger partial charge is 0.481 e. The number of aliphatic carboxylic acids is 1. The third-order valence-corrected chi connectivity index (χ3v) is 6.98. The monoisotopic (exact) mass is 550 g/mol. The molecule has 2 N–H and O–H groups in total. The van der Waals surface area contributed by atoms with Gasteiger partial charge in [-0.15, -0.1) is 0 Å². The number of rotatable bonds is 10. The first kappa shape index (κ1) is 30.5. The number of benzene rings is 3. The van der Waals surface area contributed by atoms with Crippen molar-refractivity contribution in [3.8, 4) is 11.1 Å². The molecule has 6 nitrogen and oxygen atoms in total. The van der Waals surface area contributed by atoms with E-state index in [4.69, 9.17) is 0 Å². The second kappa shape index (κ2) is 12.9. The topological polar surface area (TPSA) is 86.7 Å². The van der Waals surface area contributed by atoms with Crippen molar-refractivity contribution in [3.63, 3.8) is 0 Å². The van der Waals surface area contributed by atoms with Crippen LogP contribution in [0.5, 0.6) is 0 Å². The van der Waals surface area contributed by atoms with Crippen molar-refractivity contribution >= 4 is 17.8 Å². The number of hydrogen-bond acceptors (Lipinski definition) is 3. The van der Waals surface area contributed by atoms with Gasteiger partial charge in [0.25, 0.3) is 5.91 Å². The average molecular weight is 551 g/mol. The molecule has 3 aromatic rings. The van der Waals surface area contributed by atoms with Crippen molar-refractivity contribution in [1.29, 1.82) is 0 Å². The fourth-order valence-corrected chi connectivity index (χ4v) is 4.89. The second-order valence-electron chi connectivity index (χ2n) is 10.7. The number of halogens is 2. The third-order valence-electron chi connectivity index (χ3n) is 6.98. The lowest BCUT2D eigenvalue weighted by atomic mass is 9.91. The number of carbonyl (C=O) groups is 3. The van der Waals surface area contributed by atoms with Gasteiger partial charge in [0.1, 0.15) is 6.04 Å². The molecule has 0 aromatic heterocycles. The highest BCUT2D eigenvalue weighted by atomic mass is 19.2. The van der Waals surface area contributed by atoms with Crippen LogP contribution in [0.1, 0.15) is 65.3 Å². The molecule has 3 rings (SSSR count). The van der Waals surface area contributed by atoms with Crippen LogP contribution in [0.2, 0.25) is 0 Å². The molecule has 2 atom stereocenters. The Hall–Kier alpha value is -4.07. The van der Waals surface area contributed by atoms with Gasteiger partial charge in [0.05, 0.1) is 12.5 Å². The van der Waals surface area contributed by atoms with E-state index in [9.17, 15) is 23.9 Å². The van der Waals surface area contributed by atoms with Gasteiger partial charge in [-0.05, 0) is 79.6 Å². The van der Waals surface area contributed by atoms with Crippen LogP contribution in [-0.2, 0) is 9.59 Å². The summed E-state index contributed by atoms with van der Waals surface area (Å²) in [6, 6.07) is 12.6. The van der Waals surface area contributed by atoms with E-state index in [2.05, 4.69) is 5.32 Å². The number of nitrogens with one attached hydrogen (secondary N) is 1. The summed E-state index contributed by atoms with van der Waals surface area (Å²) in [7, 11) is 1.50. The van der Waals surface area contributed by atoms with Crippen molar-refractivity contribution in [2.75, 3.05) is 7.05 Å². The second-order valence-corrected chi connectivity index (χ2v) is 10.7. The molecule has 0 fully saturated rings. The van der Waals surface area contributed by atoms with Gasteiger partial charge in [-0.2, -0.15) is 0 Å². The third kappa shape index (κ3) is 7.11. The van der Waals surface area contributed by atoms with Gasteiger partial charge in [0, 0.05) is 18.2 Å². The Morgan fingerprint density at radius 2 is 1.55 bits per heavy atom. The molecule has 2 amide bonds. The van der Waals surface area contributed by atoms with Crippen LogP contribution in [0, 0.1) is 38.3 Å². The van der Waals surface area contributed by atoms with Crippen molar-refractivity contribution < 1.29 is 28.3 Å². The maximum absolute atomic E-state index is 15.2. The zero-order chi connectivity index (χ0) is 29.7. The molecular weight excluding hydrogens is 514 g/mol. The van der Waals surface area contributed by atoms with Crippen molar-refractivity contribution in [2.45, 2.75) is 59.5 Å². The molecule has 40 heavy (non-hydrogen) atoms. The van der Waals surface area contributed by atoms with Gasteiger partial charge >= 0.3 is 5.97 Å². The summed E-state index contributed by atoms with van der Waals surface area (Å²) in [4.78, 5) is 39.9. The van der Waals surface area contributed by atoms with Crippen LogP contribution in [-0.4, -0.2) is 40.9 Å². The molecule has 0 aliphatic heterocycles. The minimum Gasteiger partial charge on any atom is -0.481 e. The lowest BCUT2D eigenvalue weighted by Crippen LogP contribution is -2.49. The highest BCUT2D eigenvalue weighted by molar-refractivity contribution is 5.97. The number of carboxylic acids is 1. The Balaban J connectivity index is 2.02. The van der Waals surface area contributed by atoms with Crippen molar-refractivity contribution in [2.24, 2.45) is 5.92 Å². The maximum Gasteiger partial charge on any atom is 0.305 e. The smallest absolute Gasteiger partial charge is 0.305 e. The zero-order valence-electron chi connectivity index (χ0n) is 23.7. The molecule has 0 saturated heterocycles. The van der Waals surface area contributed by atoms with Crippen molar-refractivity contribution in [3.05, 3.63) is 94.0 Å². The van der Waals surface area contributed by atoms with Crippen LogP contribution in [0.25, 0.3) is 11.1 Å². The van der Waals surface area contributed by atoms with E-state index in [1.165, 1.54) is 18.0 Å². The Kier molecular flexibility index (Phi) is 9.79. The van der Waals surface area contributed by atoms with Gasteiger partial charge in [-0.3, -0.25) is 14.4 Å². The Labute approximate surface area is 234 Å². The number of carboxylic acid groups (broad SMARTS) is 1. The molecule has 8 heteroatoms. The maximum atomic E-state index is 15.2. The van der Waals surface area contributed by atoms with E-state index >= 15 is 4.39 Å². The number of carbonyl (C=O) groups excluding carboxylic acids is 2. The molecule has 3 aromatic carbocycles. The first-order chi connectivity index (χ1) is 18.8. The average Bonchev–Trinajstić information content (AvgIpc) is 2.88. The van der Waals surface area contributed by atoms with Crippen LogP contribution in [0.15, 0.2) is 54.6 Å². The predicted octanol–water partition coefficient (Wildman–Crippen LogP) is 6.38. The van der Waals surface area contributed by atoms with Crippen LogP contribution < -0.4 is 5.32 Å². The first-order valence-electron chi connectivity index (χ1n) is 13.2. The van der Waals surface area contributed by atoms with Gasteiger partial charge in [-0.25, -0.2) is 8.78 Å². The SMILES string of the molecule is Cc1ccc(C(=O)N(C)[C@@H](CC(C)C)C(=O)N[C@@H](CC(=O)O)c2cc(-c3c(C)cccc3C)cc(F)c2F)cc1. The zero-order valence-corrected chi connectivity index (χ0v) is 23.7. The van der Waals surface area contributed by atoms with E-state index in [1.54, 1.807) is 24.3 Å². The summed E-state index contributed by atoms with van der Waals surface area (Å²) < 4.78 is 30.1. The van der Waals surface area contributed by atoms with E-state index < -0.39 is 42.0 Å². The highest BCUT2D eigenvalue weighted by Crippen LogP contribution is 2.33. The number of amides is 2. The Morgan fingerprint density at radius 1 is 0.950 bits per heavy atom. The molecule has 212 valence electrons. The lowest BCUT2D eigenvalue weighted by Gasteiger charge is -2.30. The number of hydrogen-bond donors (Lipinski definition) is 2. The minimum atomic E-state index is -1.37. The van der Waals surface area contributed by atoms with E-state index in [0.29, 0.717) is 16.7 Å². The first-order valence-corrected chi connectivity index (χ1v) is 13.2.